The predicted molar refractivity (Wildman–Crippen MR) is 150 cm³/mol. The van der Waals surface area contributed by atoms with Gasteiger partial charge in [-0.05, 0) is 65.5 Å². The van der Waals surface area contributed by atoms with Crippen LogP contribution >= 0.6 is 34.8 Å². The molecule has 36 heavy (non-hydrogen) atoms. The van der Waals surface area contributed by atoms with Crippen molar-refractivity contribution < 1.29 is 4.74 Å². The van der Waals surface area contributed by atoms with Crippen molar-refractivity contribution in [2.75, 3.05) is 52.5 Å². The van der Waals surface area contributed by atoms with Gasteiger partial charge in [-0.1, -0.05) is 53.0 Å². The second-order valence-electron chi connectivity index (χ2n) is 9.41. The van der Waals surface area contributed by atoms with Crippen LogP contribution in [0.1, 0.15) is 24.0 Å². The van der Waals surface area contributed by atoms with Gasteiger partial charge in [-0.2, -0.15) is 5.10 Å². The van der Waals surface area contributed by atoms with Gasteiger partial charge in [0, 0.05) is 66.6 Å². The van der Waals surface area contributed by atoms with E-state index in [0.717, 1.165) is 82.5 Å². The van der Waals surface area contributed by atoms with Crippen LogP contribution in [0.2, 0.25) is 15.1 Å². The maximum atomic E-state index is 6.49. The van der Waals surface area contributed by atoms with E-state index in [0.29, 0.717) is 10.0 Å². The van der Waals surface area contributed by atoms with Crippen molar-refractivity contribution in [3.05, 3.63) is 85.5 Å². The van der Waals surface area contributed by atoms with Crippen LogP contribution in [-0.2, 0) is 11.3 Å². The highest BCUT2D eigenvalue weighted by Gasteiger charge is 2.26. The lowest BCUT2D eigenvalue weighted by Crippen LogP contribution is -2.43. The van der Waals surface area contributed by atoms with Crippen LogP contribution < -0.4 is 0 Å². The smallest absolute Gasteiger partial charge is 0.0642 e. The highest BCUT2D eigenvalue weighted by molar-refractivity contribution is 6.35. The molecule has 2 aromatic carbocycles. The number of hydrogen-bond donors (Lipinski definition) is 0. The van der Waals surface area contributed by atoms with Crippen molar-refractivity contribution in [1.29, 1.82) is 0 Å². The number of ether oxygens (including phenoxy) is 1. The molecule has 0 unspecified atom stereocenters. The number of halogens is 3. The van der Waals surface area contributed by atoms with Crippen LogP contribution in [0, 0.1) is 0 Å². The van der Waals surface area contributed by atoms with Gasteiger partial charge >= 0.3 is 0 Å². The Kier molecular flexibility index (Phi) is 8.55. The van der Waals surface area contributed by atoms with Gasteiger partial charge < -0.3 is 9.64 Å². The Bertz CT molecular complexity index is 1150. The van der Waals surface area contributed by atoms with Gasteiger partial charge in [0.05, 0.1) is 19.4 Å². The van der Waals surface area contributed by atoms with Gasteiger partial charge in [0.1, 0.15) is 0 Å². The Labute approximate surface area is 228 Å². The number of morpholine rings is 1. The Morgan fingerprint density at radius 1 is 0.833 bits per heavy atom. The summed E-state index contributed by atoms with van der Waals surface area (Å²) in [5.41, 5.74) is 6.17. The lowest BCUT2D eigenvalue weighted by molar-refractivity contribution is 0.0548. The topological polar surface area (TPSA) is 31.3 Å². The number of benzene rings is 2. The fourth-order valence-corrected chi connectivity index (χ4v) is 5.58. The minimum atomic E-state index is 0.651. The minimum absolute atomic E-state index is 0.651. The van der Waals surface area contributed by atoms with Crippen molar-refractivity contribution in [1.82, 2.24) is 14.8 Å². The van der Waals surface area contributed by atoms with E-state index in [1.165, 1.54) is 22.4 Å². The monoisotopic (exact) mass is 544 g/mol. The van der Waals surface area contributed by atoms with Crippen LogP contribution in [0.15, 0.2) is 64.4 Å². The molecule has 2 heterocycles. The zero-order valence-corrected chi connectivity index (χ0v) is 22.6. The Hall–Kier alpha value is -2.02. The third-order valence-electron chi connectivity index (χ3n) is 6.94. The van der Waals surface area contributed by atoms with E-state index in [-0.39, 0.29) is 0 Å². The number of hydrazone groups is 1. The van der Waals surface area contributed by atoms with E-state index in [9.17, 15) is 0 Å². The van der Waals surface area contributed by atoms with Crippen LogP contribution in [0.4, 0.5) is 0 Å². The first-order valence-corrected chi connectivity index (χ1v) is 13.7. The molecule has 2 aliphatic heterocycles. The van der Waals surface area contributed by atoms with Gasteiger partial charge in [-0.3, -0.25) is 9.91 Å². The molecule has 2 aromatic rings. The number of nitrogens with zero attached hydrogens (tertiary/aromatic N) is 4. The SMILES string of the molecule is Clc1ccc(CN2CCN(/N=C/C3=C(N4CCOCC4)C(=C\c4ccc(Cl)cc4Cl)/CC3)CC2)cc1. The summed E-state index contributed by atoms with van der Waals surface area (Å²) in [4.78, 5) is 4.91. The van der Waals surface area contributed by atoms with Crippen molar-refractivity contribution in [3.8, 4) is 0 Å². The second kappa shape index (κ2) is 12.0. The van der Waals surface area contributed by atoms with Crippen molar-refractivity contribution in [3.63, 3.8) is 0 Å². The van der Waals surface area contributed by atoms with Crippen LogP contribution in [-0.4, -0.2) is 73.5 Å². The predicted octanol–water partition coefficient (Wildman–Crippen LogP) is 6.21. The van der Waals surface area contributed by atoms with E-state index < -0.39 is 0 Å². The molecule has 5 nitrogen and oxygen atoms in total. The quantitative estimate of drug-likeness (QED) is 0.404. The van der Waals surface area contributed by atoms with Crippen LogP contribution in [0.5, 0.6) is 0 Å². The first-order chi connectivity index (χ1) is 17.5. The molecular weight excluding hydrogens is 515 g/mol. The molecular formula is C28H31Cl3N4O. The van der Waals surface area contributed by atoms with Gasteiger partial charge in [-0.25, -0.2) is 0 Å². The summed E-state index contributed by atoms with van der Waals surface area (Å²) in [6.45, 7) is 8.06. The molecule has 0 amide bonds. The molecule has 0 N–H and O–H groups in total. The van der Waals surface area contributed by atoms with Crippen LogP contribution in [0.3, 0.4) is 0 Å². The Morgan fingerprint density at radius 3 is 2.28 bits per heavy atom. The summed E-state index contributed by atoms with van der Waals surface area (Å²) in [6.07, 6.45) is 6.25. The zero-order valence-electron chi connectivity index (χ0n) is 20.3. The lowest BCUT2D eigenvalue weighted by Gasteiger charge is -2.33. The fraction of sp³-hybridized carbons (Fsp3) is 0.393. The lowest BCUT2D eigenvalue weighted by atomic mass is 10.1. The maximum absolute atomic E-state index is 6.49. The molecule has 0 aromatic heterocycles. The average molecular weight is 546 g/mol. The van der Waals surface area contributed by atoms with Crippen molar-refractivity contribution in [2.24, 2.45) is 5.10 Å². The first kappa shape index (κ1) is 25.6. The summed E-state index contributed by atoms with van der Waals surface area (Å²) in [7, 11) is 0. The number of rotatable bonds is 6. The van der Waals surface area contributed by atoms with E-state index in [4.69, 9.17) is 44.6 Å². The summed E-state index contributed by atoms with van der Waals surface area (Å²) < 4.78 is 5.62. The third kappa shape index (κ3) is 6.45. The van der Waals surface area contributed by atoms with Crippen molar-refractivity contribution >= 4 is 47.1 Å². The molecule has 0 radical (unpaired) electrons. The normalized spacial score (nSPS) is 20.8. The molecule has 1 aliphatic carbocycles. The van der Waals surface area contributed by atoms with Gasteiger partial charge in [0.2, 0.25) is 0 Å². The molecule has 0 atom stereocenters. The highest BCUT2D eigenvalue weighted by Crippen LogP contribution is 2.36. The van der Waals surface area contributed by atoms with Gasteiger partial charge in [-0.15, -0.1) is 0 Å². The maximum Gasteiger partial charge on any atom is 0.0642 e. The standard InChI is InChI=1S/C28H31Cl3N4O/c29-25-6-1-21(2-7-25)20-33-9-11-35(12-10-33)32-19-24-4-3-23(28(24)34-13-15-36-16-14-34)17-22-5-8-26(30)18-27(22)31/h1-2,5-8,17-19H,3-4,9-16,20H2/b23-17-,32-19+. The van der Waals surface area contributed by atoms with E-state index in [1.807, 2.05) is 24.3 Å². The van der Waals surface area contributed by atoms with E-state index in [2.05, 4.69) is 39.2 Å². The average Bonchev–Trinajstić information content (AvgIpc) is 3.29. The second-order valence-corrected chi connectivity index (χ2v) is 10.7. The molecule has 3 aliphatic rings. The molecule has 0 bridgehead atoms. The number of hydrogen-bond acceptors (Lipinski definition) is 5. The molecule has 190 valence electrons. The third-order valence-corrected chi connectivity index (χ3v) is 7.75. The van der Waals surface area contributed by atoms with Gasteiger partial charge in [0.15, 0.2) is 0 Å². The Balaban J connectivity index is 1.28. The van der Waals surface area contributed by atoms with Gasteiger partial charge in [0.25, 0.3) is 0 Å². The van der Waals surface area contributed by atoms with E-state index in [1.54, 1.807) is 6.07 Å². The Morgan fingerprint density at radius 2 is 1.56 bits per heavy atom. The van der Waals surface area contributed by atoms with Crippen molar-refractivity contribution in [2.45, 2.75) is 19.4 Å². The molecule has 0 spiro atoms. The molecule has 2 saturated heterocycles. The zero-order chi connectivity index (χ0) is 24.9. The summed E-state index contributed by atoms with van der Waals surface area (Å²) in [5.74, 6) is 0. The highest BCUT2D eigenvalue weighted by atomic mass is 35.5. The summed E-state index contributed by atoms with van der Waals surface area (Å²) >= 11 is 18.6. The minimum Gasteiger partial charge on any atom is -0.378 e. The molecule has 8 heteroatoms. The van der Waals surface area contributed by atoms with Crippen LogP contribution in [0.25, 0.3) is 6.08 Å². The largest absolute Gasteiger partial charge is 0.378 e. The summed E-state index contributed by atoms with van der Waals surface area (Å²) in [6, 6.07) is 13.8. The fourth-order valence-electron chi connectivity index (χ4n) is 4.99. The molecule has 5 rings (SSSR count). The first-order valence-electron chi connectivity index (χ1n) is 12.5. The van der Waals surface area contributed by atoms with E-state index >= 15 is 0 Å². The summed E-state index contributed by atoms with van der Waals surface area (Å²) in [5, 5.41) is 9.22. The number of piperazine rings is 1. The molecule has 0 saturated carbocycles. The molecule has 2 fully saturated rings. The number of allylic oxidation sites excluding steroid dienone is 2.